The second kappa shape index (κ2) is 5.25. The first-order valence-electron chi connectivity index (χ1n) is 5.36. The Morgan fingerprint density at radius 2 is 2.16 bits per heavy atom. The Hall–Kier alpha value is -2.77. The van der Waals surface area contributed by atoms with Gasteiger partial charge in [0.25, 0.3) is 0 Å². The zero-order chi connectivity index (χ0) is 13.8. The maximum Gasteiger partial charge on any atom is 0.315 e. The lowest BCUT2D eigenvalue weighted by molar-refractivity contribution is -0.384. The molecule has 0 fully saturated rings. The van der Waals surface area contributed by atoms with E-state index in [1.807, 2.05) is 0 Å². The van der Waals surface area contributed by atoms with Gasteiger partial charge in [-0.3, -0.25) is 15.1 Å². The molecule has 2 aromatic heterocycles. The van der Waals surface area contributed by atoms with Crippen molar-refractivity contribution in [3.63, 3.8) is 0 Å². The molecule has 0 saturated carbocycles. The maximum absolute atomic E-state index is 11.0. The minimum absolute atomic E-state index is 0.113. The smallest absolute Gasteiger partial charge is 0.315 e. The van der Waals surface area contributed by atoms with Crippen LogP contribution in [0.15, 0.2) is 24.5 Å². The highest BCUT2D eigenvalue weighted by atomic mass is 16.6. The van der Waals surface area contributed by atoms with Gasteiger partial charge in [-0.15, -0.1) is 0 Å². The van der Waals surface area contributed by atoms with Crippen LogP contribution in [-0.2, 0) is 0 Å². The van der Waals surface area contributed by atoms with Gasteiger partial charge in [0.05, 0.1) is 12.0 Å². The van der Waals surface area contributed by atoms with Gasteiger partial charge in [-0.25, -0.2) is 9.97 Å². The van der Waals surface area contributed by atoms with Crippen molar-refractivity contribution in [2.45, 2.75) is 0 Å². The van der Waals surface area contributed by atoms with Crippen molar-refractivity contribution >= 4 is 11.6 Å². The molecular weight excluding hydrogens is 250 g/mol. The zero-order valence-corrected chi connectivity index (χ0v) is 10.3. The molecule has 1 N–H and O–H groups in total. The number of nitrogens with zero attached hydrogens (tertiary/aromatic N) is 4. The van der Waals surface area contributed by atoms with E-state index in [0.29, 0.717) is 11.4 Å². The van der Waals surface area contributed by atoms with Gasteiger partial charge in [0.15, 0.2) is 5.69 Å². The quantitative estimate of drug-likeness (QED) is 0.656. The summed E-state index contributed by atoms with van der Waals surface area (Å²) in [7, 11) is 3.09. The molecule has 19 heavy (non-hydrogen) atoms. The monoisotopic (exact) mass is 261 g/mol. The first-order chi connectivity index (χ1) is 9.17. The Morgan fingerprint density at radius 1 is 1.37 bits per heavy atom. The Morgan fingerprint density at radius 3 is 2.79 bits per heavy atom. The fourth-order valence-electron chi connectivity index (χ4n) is 1.54. The minimum Gasteiger partial charge on any atom is -0.494 e. The topological polar surface area (TPSA) is 103 Å². The zero-order valence-electron chi connectivity index (χ0n) is 10.3. The first kappa shape index (κ1) is 12.7. The molecule has 0 aliphatic heterocycles. The normalized spacial score (nSPS) is 10.0. The largest absolute Gasteiger partial charge is 0.494 e. The van der Waals surface area contributed by atoms with Gasteiger partial charge in [0.2, 0.25) is 5.95 Å². The number of rotatable bonds is 4. The van der Waals surface area contributed by atoms with Gasteiger partial charge in [-0.05, 0) is 12.1 Å². The predicted octanol–water partition coefficient (Wildman–Crippen LogP) is 1.50. The summed E-state index contributed by atoms with van der Waals surface area (Å²) in [5.41, 5.74) is 0.188. The van der Waals surface area contributed by atoms with E-state index in [4.69, 9.17) is 4.74 Å². The number of nitro groups is 1. The number of methoxy groups -OCH3 is 1. The minimum atomic E-state index is -0.553. The van der Waals surface area contributed by atoms with E-state index in [1.54, 1.807) is 19.2 Å². The van der Waals surface area contributed by atoms with Gasteiger partial charge in [0.1, 0.15) is 17.6 Å². The van der Waals surface area contributed by atoms with E-state index >= 15 is 0 Å². The Bertz CT molecular complexity index is 617. The van der Waals surface area contributed by atoms with Crippen molar-refractivity contribution in [3.8, 4) is 17.1 Å². The fourth-order valence-corrected chi connectivity index (χ4v) is 1.54. The number of pyridine rings is 1. The van der Waals surface area contributed by atoms with Crippen LogP contribution in [0.3, 0.4) is 0 Å². The summed E-state index contributed by atoms with van der Waals surface area (Å²) < 4.78 is 5.14. The van der Waals surface area contributed by atoms with E-state index in [-0.39, 0.29) is 17.3 Å². The first-order valence-corrected chi connectivity index (χ1v) is 5.36. The van der Waals surface area contributed by atoms with Crippen molar-refractivity contribution in [1.29, 1.82) is 0 Å². The molecule has 0 radical (unpaired) electrons. The number of ether oxygens (including phenoxy) is 1. The molecule has 8 heteroatoms. The standard InChI is InChI=1S/C11H11N5O3/c1-12-11-14-6-7(16(17)18)9(15-11)10-8(19-2)4-3-5-13-10/h3-6H,1-2H3,(H,12,14,15). The van der Waals surface area contributed by atoms with Crippen LogP contribution in [0, 0.1) is 10.1 Å². The van der Waals surface area contributed by atoms with Crippen molar-refractivity contribution in [3.05, 3.63) is 34.6 Å². The number of aromatic nitrogens is 3. The van der Waals surface area contributed by atoms with Crippen LogP contribution in [0.25, 0.3) is 11.4 Å². The maximum atomic E-state index is 11.0. The number of anilines is 1. The van der Waals surface area contributed by atoms with Crippen LogP contribution in [-0.4, -0.2) is 34.0 Å². The SMILES string of the molecule is CNc1ncc([N+](=O)[O-])c(-c2ncccc2OC)n1. The summed E-state index contributed by atoms with van der Waals surface area (Å²) in [5, 5.41) is 13.8. The molecule has 0 saturated heterocycles. The van der Waals surface area contributed by atoms with Crippen molar-refractivity contribution in [1.82, 2.24) is 15.0 Å². The van der Waals surface area contributed by atoms with Crippen LogP contribution in [0.4, 0.5) is 11.6 Å². The van der Waals surface area contributed by atoms with Crippen LogP contribution >= 0.6 is 0 Å². The summed E-state index contributed by atoms with van der Waals surface area (Å²) >= 11 is 0. The lowest BCUT2D eigenvalue weighted by atomic mass is 10.2. The molecule has 0 aromatic carbocycles. The molecule has 2 heterocycles. The molecule has 0 spiro atoms. The highest BCUT2D eigenvalue weighted by Gasteiger charge is 2.22. The molecule has 0 bridgehead atoms. The Balaban J connectivity index is 2.68. The lowest BCUT2D eigenvalue weighted by Crippen LogP contribution is -2.03. The molecule has 0 atom stereocenters. The molecule has 0 aliphatic rings. The van der Waals surface area contributed by atoms with Crippen molar-refractivity contribution in [2.24, 2.45) is 0 Å². The fraction of sp³-hybridized carbons (Fsp3) is 0.182. The Labute approximate surface area is 108 Å². The second-order valence-electron chi connectivity index (χ2n) is 3.49. The summed E-state index contributed by atoms with van der Waals surface area (Å²) in [6.45, 7) is 0. The molecule has 98 valence electrons. The molecule has 0 aliphatic carbocycles. The van der Waals surface area contributed by atoms with Crippen molar-refractivity contribution in [2.75, 3.05) is 19.5 Å². The number of hydrogen-bond acceptors (Lipinski definition) is 7. The number of hydrogen-bond donors (Lipinski definition) is 1. The van der Waals surface area contributed by atoms with E-state index < -0.39 is 4.92 Å². The van der Waals surface area contributed by atoms with E-state index in [2.05, 4.69) is 20.3 Å². The molecule has 0 amide bonds. The van der Waals surface area contributed by atoms with Crippen molar-refractivity contribution < 1.29 is 9.66 Å². The van der Waals surface area contributed by atoms with E-state index in [1.165, 1.54) is 13.3 Å². The van der Waals surface area contributed by atoms with Gasteiger partial charge in [0, 0.05) is 13.2 Å². The molecule has 2 aromatic rings. The summed E-state index contributed by atoms with van der Waals surface area (Å²) in [6.07, 6.45) is 2.66. The van der Waals surface area contributed by atoms with Gasteiger partial charge in [-0.2, -0.15) is 0 Å². The number of nitrogens with one attached hydrogen (secondary N) is 1. The summed E-state index contributed by atoms with van der Waals surface area (Å²) in [6, 6.07) is 3.33. The third-order valence-electron chi connectivity index (χ3n) is 2.40. The highest BCUT2D eigenvalue weighted by Crippen LogP contribution is 2.32. The predicted molar refractivity (Wildman–Crippen MR) is 68.0 cm³/mol. The van der Waals surface area contributed by atoms with Crippen LogP contribution in [0.1, 0.15) is 0 Å². The Kier molecular flexibility index (Phi) is 3.51. The third-order valence-corrected chi connectivity index (χ3v) is 2.40. The van der Waals surface area contributed by atoms with Gasteiger partial charge in [-0.1, -0.05) is 0 Å². The van der Waals surface area contributed by atoms with Crippen LogP contribution in [0.2, 0.25) is 0 Å². The van der Waals surface area contributed by atoms with Crippen LogP contribution in [0.5, 0.6) is 5.75 Å². The molecule has 0 unspecified atom stereocenters. The lowest BCUT2D eigenvalue weighted by Gasteiger charge is -2.07. The van der Waals surface area contributed by atoms with E-state index in [0.717, 1.165) is 6.20 Å². The van der Waals surface area contributed by atoms with Crippen LogP contribution < -0.4 is 10.1 Å². The van der Waals surface area contributed by atoms with Gasteiger partial charge >= 0.3 is 5.69 Å². The molecule has 8 nitrogen and oxygen atoms in total. The highest BCUT2D eigenvalue weighted by molar-refractivity contribution is 5.71. The molecular formula is C11H11N5O3. The second-order valence-corrected chi connectivity index (χ2v) is 3.49. The van der Waals surface area contributed by atoms with E-state index in [9.17, 15) is 10.1 Å². The summed E-state index contributed by atoms with van der Waals surface area (Å²) in [5.74, 6) is 0.680. The van der Waals surface area contributed by atoms with Gasteiger partial charge < -0.3 is 10.1 Å². The third kappa shape index (κ3) is 2.41. The average molecular weight is 261 g/mol. The average Bonchev–Trinajstić information content (AvgIpc) is 2.46. The molecule has 2 rings (SSSR count). The summed E-state index contributed by atoms with van der Waals surface area (Å²) in [4.78, 5) is 22.5.